The van der Waals surface area contributed by atoms with Crippen molar-refractivity contribution in [1.82, 2.24) is 10.6 Å². The van der Waals surface area contributed by atoms with Gasteiger partial charge in [0.05, 0.1) is 0 Å². The molecule has 0 heterocycles. The van der Waals surface area contributed by atoms with Crippen molar-refractivity contribution >= 4 is 23.4 Å². The highest BCUT2D eigenvalue weighted by atomic mass is 16.2. The standard InChI is InChI=1S/2C12H18N2O/c2*1-10(2)8-9-13-12(15)14-11-6-4-3-5-7-11/h2*3-7,10H,8-9H2,1-2H3,(H2,13,14,15). The molecule has 0 atom stereocenters. The zero-order valence-electron chi connectivity index (χ0n) is 18.6. The molecule has 6 heteroatoms. The van der Waals surface area contributed by atoms with Crippen molar-refractivity contribution in [3.05, 3.63) is 60.7 Å². The monoisotopic (exact) mass is 412 g/mol. The lowest BCUT2D eigenvalue weighted by Crippen LogP contribution is -2.30. The third kappa shape index (κ3) is 13.2. The summed E-state index contributed by atoms with van der Waals surface area (Å²) in [7, 11) is 0. The molecule has 4 amide bonds. The summed E-state index contributed by atoms with van der Waals surface area (Å²) in [6.45, 7) is 9.98. The molecule has 0 aromatic heterocycles. The van der Waals surface area contributed by atoms with E-state index in [1.807, 2.05) is 60.7 Å². The number of urea groups is 2. The van der Waals surface area contributed by atoms with Gasteiger partial charge in [-0.05, 0) is 48.9 Å². The number of amides is 4. The van der Waals surface area contributed by atoms with Crippen molar-refractivity contribution in [3.63, 3.8) is 0 Å². The van der Waals surface area contributed by atoms with Crippen molar-refractivity contribution in [3.8, 4) is 0 Å². The Bertz CT molecular complexity index is 655. The third-order valence-electron chi connectivity index (χ3n) is 4.08. The lowest BCUT2D eigenvalue weighted by Gasteiger charge is -2.08. The molecule has 0 fully saturated rings. The minimum atomic E-state index is -0.137. The van der Waals surface area contributed by atoms with Gasteiger partial charge in [-0.15, -0.1) is 0 Å². The van der Waals surface area contributed by atoms with Crippen LogP contribution in [-0.4, -0.2) is 25.2 Å². The number of rotatable bonds is 8. The Hall–Kier alpha value is -3.02. The van der Waals surface area contributed by atoms with Crippen molar-refractivity contribution in [2.45, 2.75) is 40.5 Å². The first-order chi connectivity index (χ1) is 14.4. The maximum absolute atomic E-state index is 11.4. The zero-order valence-corrected chi connectivity index (χ0v) is 18.6. The van der Waals surface area contributed by atoms with E-state index in [4.69, 9.17) is 0 Å². The van der Waals surface area contributed by atoms with Gasteiger partial charge in [-0.3, -0.25) is 0 Å². The molecule has 0 aliphatic carbocycles. The van der Waals surface area contributed by atoms with Gasteiger partial charge in [0.15, 0.2) is 0 Å². The fourth-order valence-electron chi connectivity index (χ4n) is 2.34. The lowest BCUT2D eigenvalue weighted by molar-refractivity contribution is 0.250. The van der Waals surface area contributed by atoms with Gasteiger partial charge >= 0.3 is 12.1 Å². The molecule has 4 N–H and O–H groups in total. The normalized spacial score (nSPS) is 10.1. The minimum Gasteiger partial charge on any atom is -0.338 e. The van der Waals surface area contributed by atoms with E-state index < -0.39 is 0 Å². The lowest BCUT2D eigenvalue weighted by atomic mass is 10.1. The molecule has 0 bridgehead atoms. The van der Waals surface area contributed by atoms with Gasteiger partial charge in [0.2, 0.25) is 0 Å². The van der Waals surface area contributed by atoms with E-state index in [1.54, 1.807) is 0 Å². The van der Waals surface area contributed by atoms with Crippen LogP contribution in [0, 0.1) is 11.8 Å². The first-order valence-corrected chi connectivity index (χ1v) is 10.6. The van der Waals surface area contributed by atoms with Gasteiger partial charge in [-0.25, -0.2) is 9.59 Å². The highest BCUT2D eigenvalue weighted by Gasteiger charge is 2.01. The molecular formula is C24H36N4O2. The van der Waals surface area contributed by atoms with Gasteiger partial charge in [-0.2, -0.15) is 0 Å². The van der Waals surface area contributed by atoms with Crippen molar-refractivity contribution < 1.29 is 9.59 Å². The second kappa shape index (κ2) is 14.9. The highest BCUT2D eigenvalue weighted by Crippen LogP contribution is 2.05. The molecule has 0 saturated heterocycles. The molecule has 2 rings (SSSR count). The summed E-state index contributed by atoms with van der Waals surface area (Å²) in [5.74, 6) is 1.23. The molecule has 0 aliphatic rings. The van der Waals surface area contributed by atoms with Crippen LogP contribution in [0.4, 0.5) is 21.0 Å². The molecule has 2 aromatic rings. The maximum Gasteiger partial charge on any atom is 0.319 e. The van der Waals surface area contributed by atoms with E-state index in [-0.39, 0.29) is 12.1 Å². The van der Waals surface area contributed by atoms with Crippen LogP contribution in [-0.2, 0) is 0 Å². The van der Waals surface area contributed by atoms with Crippen LogP contribution in [0.1, 0.15) is 40.5 Å². The van der Waals surface area contributed by atoms with Gasteiger partial charge in [0.1, 0.15) is 0 Å². The summed E-state index contributed by atoms with van der Waals surface area (Å²) in [6.07, 6.45) is 2.00. The second-order valence-electron chi connectivity index (χ2n) is 7.86. The van der Waals surface area contributed by atoms with Crippen LogP contribution >= 0.6 is 0 Å². The quantitative estimate of drug-likeness (QED) is 0.448. The number of anilines is 2. The molecule has 164 valence electrons. The van der Waals surface area contributed by atoms with Crippen LogP contribution < -0.4 is 21.3 Å². The van der Waals surface area contributed by atoms with E-state index >= 15 is 0 Å². The fraction of sp³-hybridized carbons (Fsp3) is 0.417. The summed E-state index contributed by atoms with van der Waals surface area (Å²) in [4.78, 5) is 22.7. The molecule has 30 heavy (non-hydrogen) atoms. The number of hydrogen-bond acceptors (Lipinski definition) is 2. The molecular weight excluding hydrogens is 376 g/mol. The van der Waals surface area contributed by atoms with Crippen LogP contribution in [0.3, 0.4) is 0 Å². The molecule has 0 unspecified atom stereocenters. The van der Waals surface area contributed by atoms with Crippen LogP contribution in [0.25, 0.3) is 0 Å². The molecule has 0 saturated carbocycles. The highest BCUT2D eigenvalue weighted by molar-refractivity contribution is 5.89. The molecule has 0 radical (unpaired) electrons. The molecule has 0 spiro atoms. The van der Waals surface area contributed by atoms with E-state index in [0.717, 1.165) is 37.3 Å². The number of hydrogen-bond donors (Lipinski definition) is 4. The SMILES string of the molecule is CC(C)CCNC(=O)Nc1ccccc1.CC(C)CCNC(=O)Nc1ccccc1. The average Bonchev–Trinajstić information content (AvgIpc) is 2.69. The van der Waals surface area contributed by atoms with Crippen molar-refractivity contribution in [2.24, 2.45) is 11.8 Å². The van der Waals surface area contributed by atoms with E-state index in [0.29, 0.717) is 11.8 Å². The fourth-order valence-corrected chi connectivity index (χ4v) is 2.34. The first kappa shape index (κ1) is 25.0. The Morgan fingerprint density at radius 3 is 1.27 bits per heavy atom. The Balaban J connectivity index is 0.000000300. The number of carbonyl (C=O) groups excluding carboxylic acids is 2. The minimum absolute atomic E-state index is 0.137. The Morgan fingerprint density at radius 1 is 0.633 bits per heavy atom. The Labute approximate surface area is 180 Å². The Kier molecular flexibility index (Phi) is 12.4. The van der Waals surface area contributed by atoms with E-state index in [9.17, 15) is 9.59 Å². The largest absolute Gasteiger partial charge is 0.338 e. The molecule has 6 nitrogen and oxygen atoms in total. The number of carbonyl (C=O) groups is 2. The van der Waals surface area contributed by atoms with Gasteiger partial charge in [0, 0.05) is 24.5 Å². The summed E-state index contributed by atoms with van der Waals surface area (Å²) < 4.78 is 0. The Morgan fingerprint density at radius 2 is 0.967 bits per heavy atom. The number of benzene rings is 2. The summed E-state index contributed by atoms with van der Waals surface area (Å²) in [5.41, 5.74) is 1.64. The van der Waals surface area contributed by atoms with Crippen LogP contribution in [0.5, 0.6) is 0 Å². The zero-order chi connectivity index (χ0) is 22.2. The first-order valence-electron chi connectivity index (χ1n) is 10.6. The third-order valence-corrected chi connectivity index (χ3v) is 4.08. The smallest absolute Gasteiger partial charge is 0.319 e. The van der Waals surface area contributed by atoms with E-state index in [2.05, 4.69) is 49.0 Å². The predicted octanol–water partition coefficient (Wildman–Crippen LogP) is 5.71. The number of nitrogens with one attached hydrogen (secondary N) is 4. The molecule has 2 aromatic carbocycles. The average molecular weight is 413 g/mol. The number of para-hydroxylation sites is 2. The molecule has 0 aliphatic heterocycles. The second-order valence-corrected chi connectivity index (χ2v) is 7.86. The van der Waals surface area contributed by atoms with E-state index in [1.165, 1.54) is 0 Å². The maximum atomic E-state index is 11.4. The topological polar surface area (TPSA) is 82.3 Å². The summed E-state index contributed by atoms with van der Waals surface area (Å²) >= 11 is 0. The van der Waals surface area contributed by atoms with Gasteiger partial charge < -0.3 is 21.3 Å². The van der Waals surface area contributed by atoms with Gasteiger partial charge in [-0.1, -0.05) is 64.1 Å². The van der Waals surface area contributed by atoms with Crippen LogP contribution in [0.15, 0.2) is 60.7 Å². The summed E-state index contributed by atoms with van der Waals surface area (Å²) in [5, 5.41) is 11.2. The predicted molar refractivity (Wildman–Crippen MR) is 126 cm³/mol. The van der Waals surface area contributed by atoms with Crippen molar-refractivity contribution in [1.29, 1.82) is 0 Å². The van der Waals surface area contributed by atoms with Gasteiger partial charge in [0.25, 0.3) is 0 Å². The van der Waals surface area contributed by atoms with Crippen LogP contribution in [0.2, 0.25) is 0 Å². The summed E-state index contributed by atoms with van der Waals surface area (Å²) in [6, 6.07) is 18.6. The van der Waals surface area contributed by atoms with Crippen molar-refractivity contribution in [2.75, 3.05) is 23.7 Å².